The Balaban J connectivity index is 0. The Morgan fingerprint density at radius 1 is 0.435 bits per heavy atom. The first-order valence-electron chi connectivity index (χ1n) is 23.9. The molecule has 358 valence electrons. The predicted octanol–water partition coefficient (Wildman–Crippen LogP) is 6.17. The van der Waals surface area contributed by atoms with Crippen LogP contribution in [0.15, 0.2) is 0 Å². The van der Waals surface area contributed by atoms with Crippen LogP contribution in [-0.2, 0) is 33.6 Å². The fraction of sp³-hybridized carbons (Fsp3) is 0.844. The van der Waals surface area contributed by atoms with Gasteiger partial charge in [-0.2, -0.15) is 0 Å². The zero-order valence-electron chi connectivity index (χ0n) is 38.4. The van der Waals surface area contributed by atoms with E-state index in [1.807, 2.05) is 13.8 Å². The molecule has 0 spiro atoms. The summed E-state index contributed by atoms with van der Waals surface area (Å²) in [5.41, 5.74) is 5.95. The van der Waals surface area contributed by atoms with E-state index in [1.165, 1.54) is 57.8 Å². The minimum atomic E-state index is -1.16. The highest BCUT2D eigenvalue weighted by Gasteiger charge is 2.21. The second kappa shape index (κ2) is 43.9. The number of rotatable bonds is 43. The predicted molar refractivity (Wildman–Crippen MR) is 244 cm³/mol. The van der Waals surface area contributed by atoms with Crippen LogP contribution < -0.4 is 32.2 Å². The van der Waals surface area contributed by atoms with Crippen LogP contribution in [0.4, 0.5) is 0 Å². The number of hydrogen-bond donors (Lipinski definition) is 9. The molecule has 0 fully saturated rings. The number of aliphatic carboxylic acids is 3. The molecule has 3 atom stereocenters. The number of carboxylic acids is 3. The van der Waals surface area contributed by atoms with Gasteiger partial charge in [0.15, 0.2) is 7.98 Å². The van der Waals surface area contributed by atoms with Crippen molar-refractivity contribution in [1.82, 2.24) is 26.5 Å². The third-order valence-electron chi connectivity index (χ3n) is 10.6. The van der Waals surface area contributed by atoms with Gasteiger partial charge in [0.05, 0.1) is 12.1 Å². The molecule has 0 rings (SSSR count). The lowest BCUT2D eigenvalue weighted by atomic mass is 10.0. The van der Waals surface area contributed by atoms with Crippen molar-refractivity contribution in [2.75, 3.05) is 19.6 Å². The lowest BCUT2D eigenvalue weighted by Gasteiger charge is -2.14. The van der Waals surface area contributed by atoms with E-state index >= 15 is 0 Å². The van der Waals surface area contributed by atoms with E-state index in [-0.39, 0.29) is 49.3 Å². The van der Waals surface area contributed by atoms with Crippen LogP contribution in [0.25, 0.3) is 0 Å². The van der Waals surface area contributed by atoms with Crippen molar-refractivity contribution in [1.29, 1.82) is 0 Å². The Hall–Kier alpha value is -3.73. The van der Waals surface area contributed by atoms with Gasteiger partial charge in [0.25, 0.3) is 0 Å². The average Bonchev–Trinajstić information content (AvgIpc) is 3.24. The summed E-state index contributed by atoms with van der Waals surface area (Å²) >= 11 is 0. The number of nitrogens with one attached hydrogen (secondary N) is 5. The molecule has 4 amide bonds. The molecular formula is C45H85BN6O10. The van der Waals surface area contributed by atoms with E-state index in [0.717, 1.165) is 44.9 Å². The highest BCUT2D eigenvalue weighted by atomic mass is 16.4. The van der Waals surface area contributed by atoms with Gasteiger partial charge in [0, 0.05) is 45.3 Å². The van der Waals surface area contributed by atoms with Crippen molar-refractivity contribution < 1.29 is 48.9 Å². The summed E-state index contributed by atoms with van der Waals surface area (Å²) in [5, 5.41) is 40.3. The lowest BCUT2D eigenvalue weighted by molar-refractivity contribution is -0.142. The van der Waals surface area contributed by atoms with E-state index in [2.05, 4.69) is 26.5 Å². The largest absolute Gasteiger partial charge is 0.481 e. The molecule has 0 aromatic rings. The molecule has 0 saturated carbocycles. The lowest BCUT2D eigenvalue weighted by Crippen LogP contribution is -2.41. The maximum Gasteiger partial charge on any atom is 0.326 e. The second-order valence-corrected chi connectivity index (χ2v) is 16.0. The van der Waals surface area contributed by atoms with Gasteiger partial charge < -0.3 is 47.5 Å². The molecule has 0 saturated heterocycles. The molecule has 16 nitrogen and oxygen atoms in total. The zero-order valence-corrected chi connectivity index (χ0v) is 38.4. The highest BCUT2D eigenvalue weighted by molar-refractivity contribution is 6.06. The maximum absolute atomic E-state index is 12.4. The summed E-state index contributed by atoms with van der Waals surface area (Å²) in [6.45, 7) is 5.29. The molecule has 2 radical (unpaired) electrons. The second-order valence-electron chi connectivity index (χ2n) is 16.0. The van der Waals surface area contributed by atoms with Crippen molar-refractivity contribution in [3.05, 3.63) is 0 Å². The van der Waals surface area contributed by atoms with Gasteiger partial charge in [-0.1, -0.05) is 110 Å². The third-order valence-corrected chi connectivity index (χ3v) is 10.6. The minimum absolute atomic E-state index is 0.00844. The summed E-state index contributed by atoms with van der Waals surface area (Å²) in [5.74, 6) is -3.81. The van der Waals surface area contributed by atoms with Gasteiger partial charge in [-0.3, -0.25) is 28.8 Å². The van der Waals surface area contributed by atoms with Crippen LogP contribution in [0.2, 0.25) is 0 Å². The van der Waals surface area contributed by atoms with Crippen LogP contribution in [0.3, 0.4) is 0 Å². The standard InChI is InChI=1S/C43H79BN6O10.C2H6/c44-50-36(43(59)60)25-20-23-33-48-41(56)34(45)24-19-22-32-46-37(51)26-17-15-21-31-47-38(52)30-29-35(42(57)58)49-39(53)27-16-13-11-9-7-5-3-1-2-4-6-8-10-12-14-18-28-40(54)55;1-2/h34-36,50H,1-33,45H2,(H,46,51)(H,47,52)(H,48,56)(H,49,53)(H,54,55)(H,57,58)(H,59,60);1-2H3. The molecule has 0 aromatic carbocycles. The van der Waals surface area contributed by atoms with E-state index in [9.17, 15) is 38.7 Å². The zero-order chi connectivity index (χ0) is 46.6. The van der Waals surface area contributed by atoms with Crippen molar-refractivity contribution in [3.63, 3.8) is 0 Å². The van der Waals surface area contributed by atoms with Gasteiger partial charge in [-0.05, 0) is 70.6 Å². The number of hydrogen-bond acceptors (Lipinski definition) is 9. The van der Waals surface area contributed by atoms with Gasteiger partial charge in [-0.25, -0.2) is 4.79 Å². The molecule has 17 heteroatoms. The van der Waals surface area contributed by atoms with Crippen LogP contribution in [0.5, 0.6) is 0 Å². The first-order chi connectivity index (χ1) is 29.9. The van der Waals surface area contributed by atoms with Crippen molar-refractivity contribution >= 4 is 49.5 Å². The highest BCUT2D eigenvalue weighted by Crippen LogP contribution is 2.15. The van der Waals surface area contributed by atoms with Crippen LogP contribution in [0.1, 0.15) is 206 Å². The topological polar surface area (TPSA) is 266 Å². The van der Waals surface area contributed by atoms with Crippen LogP contribution in [0, 0.1) is 0 Å². The summed E-state index contributed by atoms with van der Waals surface area (Å²) in [6, 6.07) is -2.59. The van der Waals surface area contributed by atoms with E-state index in [1.54, 1.807) is 0 Å². The average molecular weight is 881 g/mol. The van der Waals surface area contributed by atoms with E-state index < -0.39 is 36.0 Å². The number of carbonyl (C=O) groups excluding carboxylic acids is 4. The van der Waals surface area contributed by atoms with Gasteiger partial charge >= 0.3 is 17.9 Å². The summed E-state index contributed by atoms with van der Waals surface area (Å²) in [6.07, 6.45) is 24.2. The van der Waals surface area contributed by atoms with Crippen molar-refractivity contribution in [2.45, 2.75) is 225 Å². The smallest absolute Gasteiger partial charge is 0.326 e. The van der Waals surface area contributed by atoms with Crippen molar-refractivity contribution in [3.8, 4) is 0 Å². The molecule has 0 bridgehead atoms. The number of carbonyl (C=O) groups is 7. The Bertz CT molecular complexity index is 1200. The Morgan fingerprint density at radius 2 is 0.806 bits per heavy atom. The summed E-state index contributed by atoms with van der Waals surface area (Å²) < 4.78 is 0. The van der Waals surface area contributed by atoms with Gasteiger partial charge in [0.1, 0.15) is 6.04 Å². The number of nitrogens with two attached hydrogens (primary N) is 1. The number of amides is 4. The molecule has 0 aliphatic carbocycles. The summed E-state index contributed by atoms with van der Waals surface area (Å²) in [7, 11) is 5.19. The molecule has 3 unspecified atom stereocenters. The van der Waals surface area contributed by atoms with Crippen molar-refractivity contribution in [2.24, 2.45) is 5.73 Å². The van der Waals surface area contributed by atoms with Crippen LogP contribution in [-0.4, -0.2) is 103 Å². The van der Waals surface area contributed by atoms with Gasteiger partial charge in [0.2, 0.25) is 23.6 Å². The van der Waals surface area contributed by atoms with E-state index in [4.69, 9.17) is 23.9 Å². The number of unbranched alkanes of at least 4 members (excludes halogenated alkanes) is 19. The Kier molecular flexibility index (Phi) is 42.7. The summed E-state index contributed by atoms with van der Waals surface area (Å²) in [4.78, 5) is 82.1. The molecule has 62 heavy (non-hydrogen) atoms. The fourth-order valence-corrected chi connectivity index (χ4v) is 6.77. The van der Waals surface area contributed by atoms with Gasteiger partial charge in [-0.15, -0.1) is 0 Å². The monoisotopic (exact) mass is 881 g/mol. The molecule has 0 heterocycles. The minimum Gasteiger partial charge on any atom is -0.481 e. The van der Waals surface area contributed by atoms with Crippen LogP contribution >= 0.6 is 0 Å². The molecule has 10 N–H and O–H groups in total. The normalized spacial score (nSPS) is 12.2. The fourth-order valence-electron chi connectivity index (χ4n) is 6.77. The quantitative estimate of drug-likeness (QED) is 0.0246. The molecular weight excluding hydrogens is 795 g/mol. The van der Waals surface area contributed by atoms with E-state index in [0.29, 0.717) is 83.8 Å². The third kappa shape index (κ3) is 40.4. The SMILES string of the molecule is CC.[B]NC(CCCCNC(=O)C(N)CCCCNC(=O)CCCCCNC(=O)CCC(NC(=O)CCCCCCCCCCCCCCCCCCC(=O)O)C(=O)O)C(=O)O. The Morgan fingerprint density at radius 3 is 1.26 bits per heavy atom. The molecule has 0 aliphatic heterocycles. The first kappa shape index (κ1) is 60.4. The Labute approximate surface area is 374 Å². The number of carboxylic acid groups (broad SMARTS) is 3. The molecule has 0 aromatic heterocycles. The molecule has 0 aliphatic rings. The first-order valence-corrected chi connectivity index (χ1v) is 23.9. The maximum atomic E-state index is 12.4.